The third kappa shape index (κ3) is 7.25. The zero-order chi connectivity index (χ0) is 72.2. The molecule has 0 saturated carbocycles. The number of rotatable bonds is 4. The van der Waals surface area contributed by atoms with E-state index >= 15 is 0 Å². The second-order valence-corrected chi connectivity index (χ2v) is 31.0. The van der Waals surface area contributed by atoms with Crippen molar-refractivity contribution < 1.29 is 13.3 Å². The number of hydrogen-bond acceptors (Lipinski definition) is 5. The predicted molar refractivity (Wildman–Crippen MR) is 444 cm³/mol. The number of oxazole rings is 1. The minimum Gasteiger partial charge on any atom is -0.456 e. The highest BCUT2D eigenvalue weighted by molar-refractivity contribution is 6.12. The SMILES string of the molecule is c1ccc(-c2ccc(-c3cccc4c3C3(c5cc6c(cc5-4)oc4cc(-c5ccc7oc(-c8cccc9c8C8(c%10cc%11c(cc%10-9)oc9ccccc9%11)c9ccccc9C9(c%10ccccc%10-c%10ccccc%109)c9ccccc98)nc7c5)ccc46)c4ccccc4C4(c5ccccc5-c5ccccc54)c4ccccc43)cc2)nc1. The molecule has 6 aliphatic carbocycles. The van der Waals surface area contributed by atoms with Crippen molar-refractivity contribution in [3.05, 3.63) is 453 Å². The van der Waals surface area contributed by atoms with Crippen LogP contribution in [0.5, 0.6) is 0 Å². The molecule has 0 N–H and O–H groups in total. The fourth-order valence-electron chi connectivity index (χ4n) is 22.3. The van der Waals surface area contributed by atoms with Gasteiger partial charge >= 0.3 is 0 Å². The first-order valence-corrected chi connectivity index (χ1v) is 38.5. The fourth-order valence-corrected chi connectivity index (χ4v) is 22.3. The molecule has 0 aliphatic heterocycles. The zero-order valence-corrected chi connectivity index (χ0v) is 59.8. The predicted octanol–water partition coefficient (Wildman–Crippen LogP) is 25.8. The highest BCUT2D eigenvalue weighted by Gasteiger charge is 2.62. The number of pyridine rings is 1. The second kappa shape index (κ2) is 21.3. The highest BCUT2D eigenvalue weighted by atomic mass is 16.3. The Bertz CT molecular complexity index is 7360. The average molecular weight is 1410 g/mol. The normalized spacial score (nSPS) is 15.0. The Kier molecular flexibility index (Phi) is 11.5. The molecule has 0 atom stereocenters. The van der Waals surface area contributed by atoms with Crippen LogP contribution in [-0.4, -0.2) is 9.97 Å². The van der Waals surface area contributed by atoms with E-state index in [1.165, 1.54) is 117 Å². The van der Waals surface area contributed by atoms with Crippen LogP contribution in [0.1, 0.15) is 89.0 Å². The first-order valence-electron chi connectivity index (χ1n) is 38.5. The number of hydrogen-bond donors (Lipinski definition) is 0. The Balaban J connectivity index is 0.649. The monoisotopic (exact) mass is 1410 g/mol. The summed E-state index contributed by atoms with van der Waals surface area (Å²) in [5, 5.41) is 4.30. The van der Waals surface area contributed by atoms with Crippen LogP contribution in [0.3, 0.4) is 0 Å². The van der Waals surface area contributed by atoms with Crippen molar-refractivity contribution in [1.29, 1.82) is 0 Å². The van der Waals surface area contributed by atoms with Gasteiger partial charge in [-0.25, -0.2) is 4.98 Å². The summed E-state index contributed by atoms with van der Waals surface area (Å²) in [6.45, 7) is 0. The van der Waals surface area contributed by atoms with Gasteiger partial charge in [0.05, 0.1) is 27.4 Å². The van der Waals surface area contributed by atoms with Gasteiger partial charge in [0.2, 0.25) is 5.89 Å². The molecule has 0 radical (unpaired) electrons. The smallest absolute Gasteiger partial charge is 0.227 e. The number of para-hydroxylation sites is 1. The van der Waals surface area contributed by atoms with Gasteiger partial charge in [0, 0.05) is 38.9 Å². The Morgan fingerprint density at radius 1 is 0.198 bits per heavy atom. The van der Waals surface area contributed by atoms with Crippen molar-refractivity contribution in [3.8, 4) is 89.5 Å². The van der Waals surface area contributed by atoms with Crippen molar-refractivity contribution in [1.82, 2.24) is 9.97 Å². The van der Waals surface area contributed by atoms with Gasteiger partial charge in [-0.2, -0.15) is 0 Å². The molecule has 0 unspecified atom stereocenters. The van der Waals surface area contributed by atoms with Gasteiger partial charge in [-0.15, -0.1) is 0 Å². The number of nitrogens with zero attached hydrogens (tertiary/aromatic N) is 2. The van der Waals surface area contributed by atoms with Gasteiger partial charge in [-0.1, -0.05) is 285 Å². The van der Waals surface area contributed by atoms with Gasteiger partial charge in [0.25, 0.3) is 0 Å². The van der Waals surface area contributed by atoms with E-state index in [1.807, 2.05) is 12.3 Å². The molecule has 0 amide bonds. The number of furan rings is 2. The van der Waals surface area contributed by atoms with Crippen molar-refractivity contribution >= 4 is 55.0 Å². The molecule has 4 heterocycles. The van der Waals surface area contributed by atoms with Gasteiger partial charge < -0.3 is 13.3 Å². The molecule has 16 aromatic carbocycles. The number of aromatic nitrogens is 2. The summed E-state index contributed by atoms with van der Waals surface area (Å²) in [7, 11) is 0. The molecule has 512 valence electrons. The summed E-state index contributed by atoms with van der Waals surface area (Å²) in [4.78, 5) is 10.4. The average Bonchev–Trinajstić information content (AvgIpc) is 1.52. The largest absolute Gasteiger partial charge is 0.456 e. The number of fused-ring (bicyclic) bond motifs is 39. The minimum absolute atomic E-state index is 0.564. The molecule has 111 heavy (non-hydrogen) atoms. The molecular weight excluding hydrogens is 1350 g/mol. The minimum atomic E-state index is -0.836. The Labute approximate surface area is 638 Å². The van der Waals surface area contributed by atoms with E-state index in [0.717, 1.165) is 105 Å². The summed E-state index contributed by atoms with van der Waals surface area (Å²) < 4.78 is 21.3. The molecule has 20 aromatic rings. The van der Waals surface area contributed by atoms with Gasteiger partial charge in [0.15, 0.2) is 5.58 Å². The van der Waals surface area contributed by atoms with E-state index in [4.69, 9.17) is 23.2 Å². The van der Waals surface area contributed by atoms with Crippen molar-refractivity contribution in [2.45, 2.75) is 21.7 Å². The Hall–Kier alpha value is -14.3. The van der Waals surface area contributed by atoms with Crippen molar-refractivity contribution in [3.63, 3.8) is 0 Å². The van der Waals surface area contributed by atoms with Crippen LogP contribution in [0.2, 0.25) is 0 Å². The molecule has 4 aromatic heterocycles. The van der Waals surface area contributed by atoms with Gasteiger partial charge in [-0.05, 0) is 229 Å². The van der Waals surface area contributed by atoms with Crippen LogP contribution in [0.25, 0.3) is 144 Å². The summed E-state index contributed by atoms with van der Waals surface area (Å²) in [5.74, 6) is 0.564. The van der Waals surface area contributed by atoms with Crippen molar-refractivity contribution in [2.24, 2.45) is 0 Å². The van der Waals surface area contributed by atoms with Gasteiger partial charge in [0.1, 0.15) is 27.8 Å². The first kappa shape index (κ1) is 59.8. The van der Waals surface area contributed by atoms with Gasteiger partial charge in [-0.3, -0.25) is 4.98 Å². The van der Waals surface area contributed by atoms with Crippen LogP contribution >= 0.6 is 0 Å². The quantitative estimate of drug-likeness (QED) is 0.176. The molecule has 4 spiro atoms. The lowest BCUT2D eigenvalue weighted by atomic mass is 9.52. The number of benzene rings is 16. The highest BCUT2D eigenvalue weighted by Crippen LogP contribution is 2.72. The molecule has 6 aliphatic rings. The summed E-state index contributed by atoms with van der Waals surface area (Å²) >= 11 is 0. The fraction of sp³-hybridized carbons (Fsp3) is 0.0377. The van der Waals surface area contributed by atoms with E-state index < -0.39 is 21.7 Å². The van der Waals surface area contributed by atoms with E-state index in [0.29, 0.717) is 11.5 Å². The molecule has 5 heteroatoms. The lowest BCUT2D eigenvalue weighted by Crippen LogP contribution is -2.44. The third-order valence-corrected chi connectivity index (χ3v) is 26.3. The van der Waals surface area contributed by atoms with E-state index in [2.05, 4.69) is 352 Å². The van der Waals surface area contributed by atoms with Crippen LogP contribution in [0.4, 0.5) is 0 Å². The van der Waals surface area contributed by atoms with E-state index in [1.54, 1.807) is 0 Å². The topological polar surface area (TPSA) is 65.2 Å². The lowest BCUT2D eigenvalue weighted by molar-refractivity contribution is 0.609. The third-order valence-electron chi connectivity index (χ3n) is 26.3. The maximum absolute atomic E-state index is 7.28. The lowest BCUT2D eigenvalue weighted by Gasteiger charge is -2.49. The van der Waals surface area contributed by atoms with Crippen LogP contribution in [0, 0.1) is 0 Å². The maximum atomic E-state index is 7.28. The van der Waals surface area contributed by atoms with E-state index in [-0.39, 0.29) is 0 Å². The second-order valence-electron chi connectivity index (χ2n) is 31.0. The standard InChI is InChI=1S/C106H60N2O3/c1-6-32-79-66(23-1)67-24-2-7-33-80(67)103(79)83-36-10-14-40-87(83)105(88-41-15-11-37-84(88)103)91-58-78-71-52-50-64(56-97(71)110-99(78)60-75(91)72-29-21-28-65(100(72)105)61-46-48-62(49-47-61)93-44-19-20-54-107-93)63-51-53-96-94(55-63)108-102(111-96)74-31-22-30-73-76-59-98-77(70-27-5-18-45-95(70)109-98)57-92(76)106(101(73)74)89-42-16-12-38-85(89)104(86-39-13-17-43-90(86)106)81-34-8-3-25-68(81)69-26-4-9-35-82(69)104/h1-60H. The Morgan fingerprint density at radius 3 is 1.09 bits per heavy atom. The molecule has 0 fully saturated rings. The summed E-state index contributed by atoms with van der Waals surface area (Å²) in [5.41, 5.74) is 39.3. The molecule has 0 saturated heterocycles. The van der Waals surface area contributed by atoms with Crippen LogP contribution in [-0.2, 0) is 21.7 Å². The zero-order valence-electron chi connectivity index (χ0n) is 59.8. The van der Waals surface area contributed by atoms with Crippen LogP contribution in [0.15, 0.2) is 377 Å². The summed E-state index contributed by atoms with van der Waals surface area (Å²) in [6.07, 6.45) is 1.87. The Morgan fingerprint density at radius 2 is 0.577 bits per heavy atom. The van der Waals surface area contributed by atoms with Crippen LogP contribution < -0.4 is 0 Å². The summed E-state index contributed by atoms with van der Waals surface area (Å²) in [6, 6.07) is 134. The maximum Gasteiger partial charge on any atom is 0.227 e. The van der Waals surface area contributed by atoms with Crippen molar-refractivity contribution in [2.75, 3.05) is 0 Å². The molecule has 26 rings (SSSR count). The molecule has 5 nitrogen and oxygen atoms in total. The molecule has 0 bridgehead atoms. The van der Waals surface area contributed by atoms with E-state index in [9.17, 15) is 0 Å². The molecular formula is C106H60N2O3. The first-order chi connectivity index (χ1) is 55.0.